The molecule has 3 rings (SSSR count). The average molecular weight is 391 g/mol. The van der Waals surface area contributed by atoms with Gasteiger partial charge in [-0.1, -0.05) is 30.2 Å². The molecule has 0 bridgehead atoms. The first kappa shape index (κ1) is 20.1. The van der Waals surface area contributed by atoms with Crippen LogP contribution in [-0.4, -0.2) is 74.6 Å². The number of amides is 1. The highest BCUT2D eigenvalue weighted by molar-refractivity contribution is 5.73. The summed E-state index contributed by atoms with van der Waals surface area (Å²) in [7, 11) is 0. The molecule has 2 aliphatic rings. The van der Waals surface area contributed by atoms with Gasteiger partial charge in [0.1, 0.15) is 18.3 Å². The van der Waals surface area contributed by atoms with Crippen LogP contribution in [0, 0.1) is 12.3 Å². The van der Waals surface area contributed by atoms with Gasteiger partial charge in [0.15, 0.2) is 6.10 Å². The Balaban J connectivity index is 1.78. The second kappa shape index (κ2) is 8.16. The van der Waals surface area contributed by atoms with Crippen LogP contribution in [0.4, 0.5) is 4.79 Å². The Morgan fingerprint density at radius 2 is 1.93 bits per heavy atom. The van der Waals surface area contributed by atoms with Crippen molar-refractivity contribution in [1.82, 2.24) is 4.90 Å². The van der Waals surface area contributed by atoms with Crippen LogP contribution in [0.2, 0.25) is 0 Å². The smallest absolute Gasteiger partial charge is 0.413 e. The molecule has 1 aliphatic heterocycles. The first-order valence-corrected chi connectivity index (χ1v) is 8.76. The van der Waals surface area contributed by atoms with E-state index in [-0.39, 0.29) is 12.6 Å². The van der Waals surface area contributed by atoms with E-state index >= 15 is 0 Å². The molecule has 150 valence electrons. The van der Waals surface area contributed by atoms with Crippen LogP contribution < -0.4 is 0 Å². The summed E-state index contributed by atoms with van der Waals surface area (Å²) in [5.74, 6) is 0.821. The number of hydrogen-bond donors (Lipinski definition) is 4. The van der Waals surface area contributed by atoms with E-state index in [1.54, 1.807) is 0 Å². The second-order valence-corrected chi connectivity index (χ2v) is 6.70. The van der Waals surface area contributed by atoms with Gasteiger partial charge in [0.05, 0.1) is 12.6 Å². The third-order valence-corrected chi connectivity index (χ3v) is 5.00. The van der Waals surface area contributed by atoms with Crippen molar-refractivity contribution in [2.75, 3.05) is 6.54 Å². The number of benzene rings is 1. The van der Waals surface area contributed by atoms with E-state index in [4.69, 9.17) is 21.0 Å². The lowest BCUT2D eigenvalue weighted by atomic mass is 9.99. The zero-order valence-corrected chi connectivity index (χ0v) is 14.8. The lowest BCUT2D eigenvalue weighted by molar-refractivity contribution is -0.280. The van der Waals surface area contributed by atoms with Crippen LogP contribution in [0.5, 0.6) is 0 Å². The van der Waals surface area contributed by atoms with Gasteiger partial charge in [-0.15, -0.1) is 6.42 Å². The molecule has 0 radical (unpaired) electrons. The van der Waals surface area contributed by atoms with Crippen LogP contribution in [0.1, 0.15) is 23.6 Å². The molecule has 28 heavy (non-hydrogen) atoms. The van der Waals surface area contributed by atoms with Crippen LogP contribution >= 0.6 is 0 Å². The van der Waals surface area contributed by atoms with Crippen molar-refractivity contribution in [3.63, 3.8) is 0 Å². The molecular formula is C19H21NO8. The second-order valence-electron chi connectivity index (χ2n) is 6.70. The number of aliphatic hydroxyl groups is 3. The highest BCUT2D eigenvalue weighted by Gasteiger charge is 2.49. The average Bonchev–Trinajstić information content (AvgIpc) is 3.10. The van der Waals surface area contributed by atoms with E-state index in [0.717, 1.165) is 17.5 Å². The summed E-state index contributed by atoms with van der Waals surface area (Å²) in [6, 6.07) is 7.25. The number of aryl methyl sites for hydroxylation is 1. The minimum absolute atomic E-state index is 0.0752. The monoisotopic (exact) mass is 391 g/mol. The fourth-order valence-electron chi connectivity index (χ4n) is 3.58. The topological polar surface area (TPSA) is 137 Å². The van der Waals surface area contributed by atoms with Crippen molar-refractivity contribution in [3.8, 4) is 12.3 Å². The first-order chi connectivity index (χ1) is 13.3. The van der Waals surface area contributed by atoms with Gasteiger partial charge in [0.25, 0.3) is 0 Å². The molecular weight excluding hydrogens is 370 g/mol. The SMILES string of the molecule is C#CCN(C(=O)O[C@@H]1O[C@H](C(=O)O)[C@@H](O)[C@H](O)[C@H]1O)[C@@H]1CCc2ccccc21. The number of carboxylic acids is 1. The summed E-state index contributed by atoms with van der Waals surface area (Å²) in [6.45, 7) is -0.0752. The van der Waals surface area contributed by atoms with Crippen molar-refractivity contribution >= 4 is 12.1 Å². The number of terminal acetylenes is 1. The van der Waals surface area contributed by atoms with Crippen LogP contribution in [0.25, 0.3) is 0 Å². The summed E-state index contributed by atoms with van der Waals surface area (Å²) >= 11 is 0. The summed E-state index contributed by atoms with van der Waals surface area (Å²) in [4.78, 5) is 25.2. The number of rotatable bonds is 4. The third kappa shape index (κ3) is 3.68. The molecule has 1 aromatic rings. The zero-order chi connectivity index (χ0) is 20.4. The van der Waals surface area contributed by atoms with E-state index in [1.807, 2.05) is 24.3 Å². The Bertz CT molecular complexity index is 790. The molecule has 0 spiro atoms. The molecule has 9 heteroatoms. The Morgan fingerprint density at radius 3 is 2.61 bits per heavy atom. The van der Waals surface area contributed by atoms with Crippen molar-refractivity contribution in [2.45, 2.75) is 49.6 Å². The Kier molecular flexibility index (Phi) is 5.86. The lowest BCUT2D eigenvalue weighted by Gasteiger charge is -2.39. The highest BCUT2D eigenvalue weighted by Crippen LogP contribution is 2.36. The normalized spacial score (nSPS) is 31.5. The van der Waals surface area contributed by atoms with E-state index in [2.05, 4.69) is 5.92 Å². The van der Waals surface area contributed by atoms with E-state index in [1.165, 1.54) is 4.90 Å². The fraction of sp³-hybridized carbons (Fsp3) is 0.474. The maximum absolute atomic E-state index is 12.7. The standard InChI is InChI=1S/C19H21NO8/c1-2-9-20(12-8-7-10-5-3-4-6-11(10)12)19(26)28-18-15(23)13(21)14(22)16(27-18)17(24)25/h1,3-6,12-16,18,21-23H,7-9H2,(H,24,25)/t12-,13+,14+,15-,16+,18+/m1/s1. The van der Waals surface area contributed by atoms with E-state index in [0.29, 0.717) is 6.42 Å². The molecule has 4 N–H and O–H groups in total. The van der Waals surface area contributed by atoms with Gasteiger partial charge in [-0.3, -0.25) is 4.90 Å². The summed E-state index contributed by atoms with van der Waals surface area (Å²) in [6.07, 6.45) is -3.33. The number of carboxylic acid groups (broad SMARTS) is 1. The number of fused-ring (bicyclic) bond motifs is 1. The molecule has 1 saturated heterocycles. The quantitative estimate of drug-likeness (QED) is 0.511. The number of nitrogens with zero attached hydrogens (tertiary/aromatic N) is 1. The van der Waals surface area contributed by atoms with Crippen LogP contribution in [0.3, 0.4) is 0 Å². The van der Waals surface area contributed by atoms with Gasteiger partial charge in [-0.2, -0.15) is 0 Å². The number of aliphatic carboxylic acids is 1. The van der Waals surface area contributed by atoms with Crippen molar-refractivity contribution in [3.05, 3.63) is 35.4 Å². The molecule has 1 fully saturated rings. The van der Waals surface area contributed by atoms with Crippen molar-refractivity contribution in [2.24, 2.45) is 0 Å². The fourth-order valence-corrected chi connectivity index (χ4v) is 3.58. The Labute approximate surface area is 161 Å². The Morgan fingerprint density at radius 1 is 1.21 bits per heavy atom. The first-order valence-electron chi connectivity index (χ1n) is 8.76. The number of carbonyl (C=O) groups is 2. The predicted molar refractivity (Wildman–Crippen MR) is 93.8 cm³/mol. The van der Waals surface area contributed by atoms with E-state index < -0.39 is 42.8 Å². The molecule has 1 heterocycles. The minimum atomic E-state index is -1.87. The maximum atomic E-state index is 12.7. The van der Waals surface area contributed by atoms with E-state index in [9.17, 15) is 24.9 Å². The lowest BCUT2D eigenvalue weighted by Crippen LogP contribution is -2.61. The highest BCUT2D eigenvalue weighted by atomic mass is 16.7. The largest absolute Gasteiger partial charge is 0.479 e. The molecule has 1 aromatic carbocycles. The van der Waals surface area contributed by atoms with Gasteiger partial charge in [-0.05, 0) is 24.0 Å². The molecule has 1 aliphatic carbocycles. The van der Waals surface area contributed by atoms with Crippen molar-refractivity contribution < 1.29 is 39.5 Å². The molecule has 6 atom stereocenters. The zero-order valence-electron chi connectivity index (χ0n) is 14.8. The van der Waals surface area contributed by atoms with Gasteiger partial charge >= 0.3 is 12.1 Å². The van der Waals surface area contributed by atoms with Gasteiger partial charge in [0.2, 0.25) is 6.29 Å². The minimum Gasteiger partial charge on any atom is -0.479 e. The maximum Gasteiger partial charge on any atom is 0.413 e. The van der Waals surface area contributed by atoms with Gasteiger partial charge < -0.3 is 29.9 Å². The predicted octanol–water partition coefficient (Wildman–Crippen LogP) is -0.362. The summed E-state index contributed by atoms with van der Waals surface area (Å²) < 4.78 is 10.1. The number of ether oxygens (including phenoxy) is 2. The Hall–Kier alpha value is -2.64. The number of hydrogen-bond acceptors (Lipinski definition) is 7. The molecule has 1 amide bonds. The number of carbonyl (C=O) groups excluding carboxylic acids is 1. The van der Waals surface area contributed by atoms with Crippen LogP contribution in [-0.2, 0) is 20.7 Å². The molecule has 9 nitrogen and oxygen atoms in total. The summed E-state index contributed by atoms with van der Waals surface area (Å²) in [5, 5.41) is 38.7. The third-order valence-electron chi connectivity index (χ3n) is 5.00. The van der Waals surface area contributed by atoms with Gasteiger partial charge in [-0.25, -0.2) is 9.59 Å². The van der Waals surface area contributed by atoms with Crippen LogP contribution in [0.15, 0.2) is 24.3 Å². The molecule has 0 unspecified atom stereocenters. The van der Waals surface area contributed by atoms with Gasteiger partial charge in [0, 0.05) is 0 Å². The summed E-state index contributed by atoms with van der Waals surface area (Å²) in [5.41, 5.74) is 2.01. The van der Waals surface area contributed by atoms with Crippen molar-refractivity contribution in [1.29, 1.82) is 0 Å². The molecule has 0 saturated carbocycles. The molecule has 0 aromatic heterocycles. The number of aliphatic hydroxyl groups excluding tert-OH is 3.